The number of hydrogen-bond acceptors (Lipinski definition) is 2. The lowest BCUT2D eigenvalue weighted by atomic mass is 9.62. The monoisotopic (exact) mass is 332 g/mol. The summed E-state index contributed by atoms with van der Waals surface area (Å²) in [4.78, 5) is 25.6. The average molecular weight is 333 g/mol. The third-order valence-electron chi connectivity index (χ3n) is 4.43. The first-order valence-corrected chi connectivity index (χ1v) is 8.98. The Balaban J connectivity index is 3.56. The van der Waals surface area contributed by atoms with Crippen LogP contribution in [0, 0.1) is 21.7 Å². The Morgan fingerprint density at radius 3 is 1.04 bits per heavy atom. The summed E-state index contributed by atoms with van der Waals surface area (Å²) < 4.78 is 0. The Morgan fingerprint density at radius 2 is 0.833 bits per heavy atom. The number of carbonyl (C=O) groups excluding carboxylic acids is 2. The largest absolute Gasteiger partial charge is 0.290 e. The van der Waals surface area contributed by atoms with E-state index in [1.54, 1.807) is 0 Å². The van der Waals surface area contributed by atoms with Crippen LogP contribution in [-0.4, -0.2) is 11.6 Å². The molecule has 0 aliphatic heterocycles. The Bertz CT molecular complexity index is 532. The maximum absolute atomic E-state index is 12.8. The summed E-state index contributed by atoms with van der Waals surface area (Å²) in [5.74, 6) is 0.00154. The SMILES string of the molecule is CC(C)(C)CC(C)(C)C1=C(C(C)(C)CC(C)(C)C)C(=O)C=CC1=O. The van der Waals surface area contributed by atoms with Crippen LogP contribution in [0.5, 0.6) is 0 Å². The van der Waals surface area contributed by atoms with E-state index in [1.165, 1.54) is 12.2 Å². The molecule has 0 N–H and O–H groups in total. The summed E-state index contributed by atoms with van der Waals surface area (Å²) >= 11 is 0. The van der Waals surface area contributed by atoms with Gasteiger partial charge in [0.15, 0.2) is 11.6 Å². The van der Waals surface area contributed by atoms with Crippen molar-refractivity contribution in [2.75, 3.05) is 0 Å². The first-order chi connectivity index (χ1) is 10.5. The van der Waals surface area contributed by atoms with E-state index in [-0.39, 0.29) is 33.2 Å². The van der Waals surface area contributed by atoms with Gasteiger partial charge in [0.1, 0.15) is 0 Å². The first kappa shape index (κ1) is 20.9. The molecule has 0 radical (unpaired) electrons. The van der Waals surface area contributed by atoms with E-state index in [0.29, 0.717) is 0 Å². The van der Waals surface area contributed by atoms with Gasteiger partial charge < -0.3 is 0 Å². The van der Waals surface area contributed by atoms with Crippen LogP contribution in [0.4, 0.5) is 0 Å². The molecule has 0 aromatic heterocycles. The van der Waals surface area contributed by atoms with Crippen molar-refractivity contribution in [1.82, 2.24) is 0 Å². The summed E-state index contributed by atoms with van der Waals surface area (Å²) in [6, 6.07) is 0. The minimum atomic E-state index is -0.333. The molecule has 0 saturated carbocycles. The lowest BCUT2D eigenvalue weighted by Gasteiger charge is -2.41. The highest BCUT2D eigenvalue weighted by Crippen LogP contribution is 2.48. The third kappa shape index (κ3) is 5.16. The van der Waals surface area contributed by atoms with E-state index >= 15 is 0 Å². The van der Waals surface area contributed by atoms with Gasteiger partial charge in [-0.05, 0) is 46.7 Å². The average Bonchev–Trinajstić information content (AvgIpc) is 2.24. The van der Waals surface area contributed by atoms with E-state index in [4.69, 9.17) is 0 Å². The van der Waals surface area contributed by atoms with Crippen LogP contribution in [0.25, 0.3) is 0 Å². The fourth-order valence-electron chi connectivity index (χ4n) is 4.74. The predicted octanol–water partition coefficient (Wildman–Crippen LogP) is 5.92. The van der Waals surface area contributed by atoms with Crippen molar-refractivity contribution in [3.05, 3.63) is 23.3 Å². The zero-order chi connectivity index (χ0) is 19.1. The Labute approximate surface area is 148 Å². The van der Waals surface area contributed by atoms with E-state index in [9.17, 15) is 9.59 Å². The normalized spacial score (nSPS) is 17.8. The molecule has 0 unspecified atom stereocenters. The van der Waals surface area contributed by atoms with Crippen molar-refractivity contribution in [3.63, 3.8) is 0 Å². The van der Waals surface area contributed by atoms with E-state index in [2.05, 4.69) is 69.2 Å². The first-order valence-electron chi connectivity index (χ1n) is 8.98. The number of ketones is 2. The lowest BCUT2D eigenvalue weighted by Crippen LogP contribution is -2.36. The van der Waals surface area contributed by atoms with Gasteiger partial charge in [0, 0.05) is 11.1 Å². The highest BCUT2D eigenvalue weighted by Gasteiger charge is 2.42. The number of carbonyl (C=O) groups is 2. The van der Waals surface area contributed by atoms with Crippen LogP contribution in [0.2, 0.25) is 0 Å². The van der Waals surface area contributed by atoms with Gasteiger partial charge in [-0.25, -0.2) is 0 Å². The molecule has 0 aromatic carbocycles. The molecule has 0 amide bonds. The fraction of sp³-hybridized carbons (Fsp3) is 0.727. The zero-order valence-electron chi connectivity index (χ0n) is 17.4. The van der Waals surface area contributed by atoms with Crippen molar-refractivity contribution >= 4 is 11.6 Å². The van der Waals surface area contributed by atoms with Crippen molar-refractivity contribution < 1.29 is 9.59 Å². The standard InChI is InChI=1S/C22H36O2/c1-19(2,3)13-21(7,8)17-15(23)11-12-16(24)18(17)22(9,10)14-20(4,5)6/h11-12H,13-14H2,1-10H3. The molecule has 0 spiro atoms. The molecule has 0 fully saturated rings. The van der Waals surface area contributed by atoms with Crippen molar-refractivity contribution in [1.29, 1.82) is 0 Å². The molecule has 2 nitrogen and oxygen atoms in total. The fourth-order valence-corrected chi connectivity index (χ4v) is 4.74. The second kappa shape index (κ2) is 6.28. The highest BCUT2D eigenvalue weighted by molar-refractivity contribution is 6.21. The van der Waals surface area contributed by atoms with E-state index < -0.39 is 0 Å². The molecule has 24 heavy (non-hydrogen) atoms. The number of rotatable bonds is 4. The Kier molecular flexibility index (Phi) is 5.46. The number of allylic oxidation sites excluding steroid dienone is 4. The second-order valence-electron chi connectivity index (χ2n) is 11.1. The van der Waals surface area contributed by atoms with Crippen LogP contribution in [0.1, 0.15) is 82.1 Å². The molecular weight excluding hydrogens is 296 g/mol. The zero-order valence-corrected chi connectivity index (χ0v) is 17.4. The molecule has 0 bridgehead atoms. The second-order valence-corrected chi connectivity index (χ2v) is 11.1. The van der Waals surface area contributed by atoms with Crippen LogP contribution < -0.4 is 0 Å². The van der Waals surface area contributed by atoms with Gasteiger partial charge in [-0.3, -0.25) is 9.59 Å². The minimum absolute atomic E-state index is 0.000772. The molecule has 0 heterocycles. The summed E-state index contributed by atoms with van der Waals surface area (Å²) in [6.07, 6.45) is 4.63. The Morgan fingerprint density at radius 1 is 0.583 bits per heavy atom. The highest BCUT2D eigenvalue weighted by atomic mass is 16.1. The molecule has 1 aliphatic carbocycles. The van der Waals surface area contributed by atoms with Gasteiger partial charge in [0.25, 0.3) is 0 Å². The summed E-state index contributed by atoms with van der Waals surface area (Å²) in [5, 5.41) is 0. The van der Waals surface area contributed by atoms with Gasteiger partial charge in [-0.15, -0.1) is 0 Å². The topological polar surface area (TPSA) is 34.1 Å². The van der Waals surface area contributed by atoms with Crippen molar-refractivity contribution in [2.45, 2.75) is 82.1 Å². The summed E-state index contributed by atoms with van der Waals surface area (Å²) in [7, 11) is 0. The molecule has 1 rings (SSSR count). The quantitative estimate of drug-likeness (QED) is 0.599. The smallest absolute Gasteiger partial charge is 0.182 e. The van der Waals surface area contributed by atoms with Gasteiger partial charge in [-0.2, -0.15) is 0 Å². The van der Waals surface area contributed by atoms with Crippen molar-refractivity contribution in [3.8, 4) is 0 Å². The van der Waals surface area contributed by atoms with Crippen LogP contribution in [0.3, 0.4) is 0 Å². The Hall–Kier alpha value is -1.18. The van der Waals surface area contributed by atoms with Gasteiger partial charge in [0.05, 0.1) is 0 Å². The van der Waals surface area contributed by atoms with Crippen LogP contribution >= 0.6 is 0 Å². The van der Waals surface area contributed by atoms with Gasteiger partial charge >= 0.3 is 0 Å². The van der Waals surface area contributed by atoms with Gasteiger partial charge in [-0.1, -0.05) is 69.2 Å². The summed E-state index contributed by atoms with van der Waals surface area (Å²) in [5.41, 5.74) is 0.944. The van der Waals surface area contributed by atoms with Crippen LogP contribution in [-0.2, 0) is 9.59 Å². The molecule has 136 valence electrons. The maximum atomic E-state index is 12.8. The lowest BCUT2D eigenvalue weighted by molar-refractivity contribution is -0.117. The molecular formula is C22H36O2. The molecule has 0 atom stereocenters. The summed E-state index contributed by atoms with van der Waals surface area (Å²) in [6.45, 7) is 21.5. The van der Waals surface area contributed by atoms with E-state index in [1.807, 2.05) is 0 Å². The minimum Gasteiger partial charge on any atom is -0.290 e. The molecule has 1 aliphatic rings. The van der Waals surface area contributed by atoms with E-state index in [0.717, 1.165) is 24.0 Å². The molecule has 0 saturated heterocycles. The van der Waals surface area contributed by atoms with Gasteiger partial charge in [0.2, 0.25) is 0 Å². The van der Waals surface area contributed by atoms with Crippen LogP contribution in [0.15, 0.2) is 23.3 Å². The predicted molar refractivity (Wildman–Crippen MR) is 102 cm³/mol. The maximum Gasteiger partial charge on any atom is 0.182 e. The molecule has 2 heteroatoms. The number of hydrogen-bond donors (Lipinski definition) is 0. The van der Waals surface area contributed by atoms with Crippen molar-refractivity contribution in [2.24, 2.45) is 21.7 Å². The molecule has 0 aromatic rings. The third-order valence-corrected chi connectivity index (χ3v) is 4.43.